The topological polar surface area (TPSA) is 43.1 Å². The van der Waals surface area contributed by atoms with Gasteiger partial charge in [-0.25, -0.2) is 0 Å². The van der Waals surface area contributed by atoms with Crippen LogP contribution in [0.2, 0.25) is 0 Å². The summed E-state index contributed by atoms with van der Waals surface area (Å²) in [6.45, 7) is 5.81. The first-order valence-corrected chi connectivity index (χ1v) is 6.78. The monoisotopic (exact) mass is 239 g/mol. The summed E-state index contributed by atoms with van der Waals surface area (Å²) < 4.78 is 0. The summed E-state index contributed by atoms with van der Waals surface area (Å²) in [4.78, 5) is 12.7. The summed E-state index contributed by atoms with van der Waals surface area (Å²) in [6.07, 6.45) is 6.08. The van der Waals surface area contributed by atoms with Crippen LogP contribution < -0.4 is 5.73 Å². The summed E-state index contributed by atoms with van der Waals surface area (Å²) in [6, 6.07) is 0. The van der Waals surface area contributed by atoms with Gasteiger partial charge in [-0.15, -0.1) is 11.3 Å². The van der Waals surface area contributed by atoms with E-state index in [4.69, 9.17) is 5.73 Å². The largest absolute Gasteiger partial charge is 0.390 e. The van der Waals surface area contributed by atoms with Gasteiger partial charge in [-0.1, -0.05) is 26.2 Å². The Morgan fingerprint density at radius 3 is 2.50 bits per heavy atom. The zero-order valence-electron chi connectivity index (χ0n) is 10.4. The van der Waals surface area contributed by atoms with E-state index < -0.39 is 0 Å². The lowest BCUT2D eigenvalue weighted by atomic mass is 10.1. The predicted molar refractivity (Wildman–Crippen MR) is 71.3 cm³/mol. The molecule has 2 nitrogen and oxygen atoms in total. The van der Waals surface area contributed by atoms with Crippen LogP contribution in [0.4, 0.5) is 5.00 Å². The van der Waals surface area contributed by atoms with Gasteiger partial charge in [0.1, 0.15) is 0 Å². The van der Waals surface area contributed by atoms with Crippen LogP contribution in [0.25, 0.3) is 0 Å². The zero-order chi connectivity index (χ0) is 12.1. The number of rotatable bonds is 6. The first kappa shape index (κ1) is 13.2. The summed E-state index contributed by atoms with van der Waals surface area (Å²) in [5, 5.41) is 0.690. The molecule has 0 fully saturated rings. The second-order valence-corrected chi connectivity index (χ2v) is 5.39. The fourth-order valence-corrected chi connectivity index (χ4v) is 3.14. The van der Waals surface area contributed by atoms with E-state index in [1.807, 2.05) is 6.92 Å². The molecule has 2 N–H and O–H groups in total. The molecule has 0 aromatic carbocycles. The van der Waals surface area contributed by atoms with E-state index >= 15 is 0 Å². The molecule has 0 aliphatic heterocycles. The number of ketones is 1. The molecule has 1 aromatic heterocycles. The zero-order valence-corrected chi connectivity index (χ0v) is 11.2. The van der Waals surface area contributed by atoms with E-state index in [2.05, 4.69) is 6.92 Å². The molecule has 1 aromatic rings. The van der Waals surface area contributed by atoms with E-state index in [0.717, 1.165) is 17.5 Å². The molecular weight excluding hydrogens is 218 g/mol. The maximum absolute atomic E-state index is 11.4. The second-order valence-electron chi connectivity index (χ2n) is 4.26. The molecule has 0 bridgehead atoms. The Labute approximate surface area is 102 Å². The van der Waals surface area contributed by atoms with E-state index in [-0.39, 0.29) is 5.78 Å². The Morgan fingerprint density at radius 2 is 2.00 bits per heavy atom. The van der Waals surface area contributed by atoms with Crippen LogP contribution in [0.3, 0.4) is 0 Å². The number of carbonyl (C=O) groups excluding carboxylic acids is 1. The summed E-state index contributed by atoms with van der Waals surface area (Å²) in [7, 11) is 0. The third-order valence-electron chi connectivity index (χ3n) is 2.88. The molecule has 0 atom stereocenters. The van der Waals surface area contributed by atoms with Gasteiger partial charge in [0.2, 0.25) is 0 Å². The van der Waals surface area contributed by atoms with Crippen LogP contribution in [0.15, 0.2) is 0 Å². The van der Waals surface area contributed by atoms with Gasteiger partial charge in [0, 0.05) is 4.88 Å². The molecule has 0 amide bonds. The third-order valence-corrected chi connectivity index (χ3v) is 4.06. The van der Waals surface area contributed by atoms with Gasteiger partial charge in [0.05, 0.1) is 10.6 Å². The van der Waals surface area contributed by atoms with Gasteiger partial charge < -0.3 is 5.73 Å². The Balaban J connectivity index is 2.67. The second kappa shape index (κ2) is 6.04. The van der Waals surface area contributed by atoms with Crippen molar-refractivity contribution >= 4 is 22.1 Å². The van der Waals surface area contributed by atoms with Crippen molar-refractivity contribution in [3.05, 3.63) is 16.0 Å². The van der Waals surface area contributed by atoms with E-state index in [0.29, 0.717) is 5.00 Å². The maximum Gasteiger partial charge on any atom is 0.163 e. The SMILES string of the molecule is CCCCCCc1sc(N)c(C(C)=O)c1C. The smallest absolute Gasteiger partial charge is 0.163 e. The summed E-state index contributed by atoms with van der Waals surface area (Å²) >= 11 is 1.58. The molecule has 0 radical (unpaired) electrons. The van der Waals surface area contributed by atoms with Gasteiger partial charge in [0.25, 0.3) is 0 Å². The van der Waals surface area contributed by atoms with Crippen LogP contribution in [0.1, 0.15) is 60.3 Å². The fourth-order valence-electron chi connectivity index (χ4n) is 1.97. The van der Waals surface area contributed by atoms with Crippen molar-refractivity contribution in [2.75, 3.05) is 5.73 Å². The number of hydrogen-bond donors (Lipinski definition) is 1. The van der Waals surface area contributed by atoms with Crippen LogP contribution >= 0.6 is 11.3 Å². The Morgan fingerprint density at radius 1 is 1.31 bits per heavy atom. The van der Waals surface area contributed by atoms with Crippen molar-refractivity contribution < 1.29 is 4.79 Å². The molecule has 0 aliphatic carbocycles. The average molecular weight is 239 g/mol. The maximum atomic E-state index is 11.4. The molecule has 16 heavy (non-hydrogen) atoms. The molecule has 3 heteroatoms. The normalized spacial score (nSPS) is 10.7. The predicted octanol–water partition coefficient (Wildman–Crippen LogP) is 3.96. The lowest BCUT2D eigenvalue weighted by Crippen LogP contribution is -1.97. The van der Waals surface area contributed by atoms with Crippen LogP contribution in [-0.4, -0.2) is 5.78 Å². The van der Waals surface area contributed by atoms with Gasteiger partial charge in [-0.3, -0.25) is 4.79 Å². The van der Waals surface area contributed by atoms with Crippen molar-refractivity contribution in [2.24, 2.45) is 0 Å². The molecule has 0 unspecified atom stereocenters. The standard InChI is InChI=1S/C13H21NOS/c1-4-5-6-7-8-11-9(2)12(10(3)15)13(14)16-11/h4-8,14H2,1-3H3. The van der Waals surface area contributed by atoms with Crippen molar-refractivity contribution in [1.29, 1.82) is 0 Å². The molecule has 90 valence electrons. The minimum absolute atomic E-state index is 0.0889. The molecule has 1 heterocycles. The van der Waals surface area contributed by atoms with Crippen molar-refractivity contribution in [1.82, 2.24) is 0 Å². The highest BCUT2D eigenvalue weighted by molar-refractivity contribution is 7.16. The number of Topliss-reactive ketones (excluding diaryl/α,β-unsaturated/α-hetero) is 1. The van der Waals surface area contributed by atoms with Crippen LogP contribution in [0, 0.1) is 6.92 Å². The third kappa shape index (κ3) is 3.08. The Hall–Kier alpha value is -0.830. The molecule has 1 rings (SSSR count). The number of nitrogens with two attached hydrogens (primary N) is 1. The van der Waals surface area contributed by atoms with E-state index in [1.54, 1.807) is 18.3 Å². The van der Waals surface area contributed by atoms with Gasteiger partial charge in [0.15, 0.2) is 5.78 Å². The number of unbranched alkanes of at least 4 members (excludes halogenated alkanes) is 3. The highest BCUT2D eigenvalue weighted by Crippen LogP contribution is 2.31. The molecular formula is C13H21NOS. The average Bonchev–Trinajstić information content (AvgIpc) is 2.49. The number of carbonyl (C=O) groups is 1. The lowest BCUT2D eigenvalue weighted by Gasteiger charge is -2.00. The molecule has 0 spiro atoms. The minimum Gasteiger partial charge on any atom is -0.390 e. The van der Waals surface area contributed by atoms with Crippen LogP contribution in [-0.2, 0) is 6.42 Å². The quantitative estimate of drug-likeness (QED) is 0.603. The number of thiophene rings is 1. The first-order chi connectivity index (χ1) is 7.57. The number of hydrogen-bond acceptors (Lipinski definition) is 3. The minimum atomic E-state index is 0.0889. The van der Waals surface area contributed by atoms with Gasteiger partial charge in [-0.05, 0) is 32.3 Å². The highest BCUT2D eigenvalue weighted by Gasteiger charge is 2.15. The number of anilines is 1. The molecule has 0 saturated heterocycles. The van der Waals surface area contributed by atoms with Crippen molar-refractivity contribution in [2.45, 2.75) is 52.9 Å². The fraction of sp³-hybridized carbons (Fsp3) is 0.615. The molecule has 0 aliphatic rings. The van der Waals surface area contributed by atoms with Crippen molar-refractivity contribution in [3.8, 4) is 0 Å². The Kier molecular flexibility index (Phi) is 5.00. The highest BCUT2D eigenvalue weighted by atomic mass is 32.1. The molecule has 0 saturated carbocycles. The number of aryl methyl sites for hydroxylation is 1. The van der Waals surface area contributed by atoms with Crippen LogP contribution in [0.5, 0.6) is 0 Å². The lowest BCUT2D eigenvalue weighted by molar-refractivity contribution is 0.101. The van der Waals surface area contributed by atoms with Gasteiger partial charge >= 0.3 is 0 Å². The van der Waals surface area contributed by atoms with E-state index in [9.17, 15) is 4.79 Å². The number of nitrogen functional groups attached to an aromatic ring is 1. The van der Waals surface area contributed by atoms with Crippen molar-refractivity contribution in [3.63, 3.8) is 0 Å². The first-order valence-electron chi connectivity index (χ1n) is 5.96. The van der Waals surface area contributed by atoms with E-state index in [1.165, 1.54) is 30.6 Å². The summed E-state index contributed by atoms with van der Waals surface area (Å²) in [5.41, 5.74) is 7.72. The Bertz CT molecular complexity index is 368. The summed E-state index contributed by atoms with van der Waals surface area (Å²) in [5.74, 6) is 0.0889. The van der Waals surface area contributed by atoms with Gasteiger partial charge in [-0.2, -0.15) is 0 Å².